The summed E-state index contributed by atoms with van der Waals surface area (Å²) in [6, 6.07) is 12.3. The highest BCUT2D eigenvalue weighted by Gasteiger charge is 2.10. The van der Waals surface area contributed by atoms with Gasteiger partial charge in [0.25, 0.3) is 0 Å². The van der Waals surface area contributed by atoms with Crippen molar-refractivity contribution < 1.29 is 8.42 Å². The second-order valence-electron chi connectivity index (χ2n) is 4.47. The number of primary sulfonamides is 1. The van der Waals surface area contributed by atoms with E-state index in [1.54, 1.807) is 6.07 Å². The Bertz CT molecular complexity index is 710. The zero-order chi connectivity index (χ0) is 14.8. The van der Waals surface area contributed by atoms with Crippen molar-refractivity contribution in [2.45, 2.75) is 18.2 Å². The molecule has 0 aliphatic rings. The van der Waals surface area contributed by atoms with Crippen molar-refractivity contribution in [3.8, 4) is 0 Å². The number of nitrogen functional groups attached to an aromatic ring is 1. The molecule has 20 heavy (non-hydrogen) atoms. The minimum absolute atomic E-state index is 0.00174. The minimum Gasteiger partial charge on any atom is -0.397 e. The highest BCUT2D eigenvalue weighted by Crippen LogP contribution is 2.25. The molecule has 0 spiro atoms. The number of aryl methyl sites for hydroxylation is 1. The van der Waals surface area contributed by atoms with Crippen LogP contribution in [0.1, 0.15) is 12.5 Å². The molecule has 2 aromatic carbocycles. The molecule has 5 N–H and O–H groups in total. The molecule has 0 bridgehead atoms. The number of anilines is 3. The van der Waals surface area contributed by atoms with Crippen LogP contribution in [0.4, 0.5) is 17.1 Å². The van der Waals surface area contributed by atoms with Gasteiger partial charge in [-0.3, -0.25) is 0 Å². The van der Waals surface area contributed by atoms with Crippen LogP contribution in [-0.4, -0.2) is 8.42 Å². The van der Waals surface area contributed by atoms with Gasteiger partial charge in [-0.15, -0.1) is 0 Å². The lowest BCUT2D eigenvalue weighted by atomic mass is 10.1. The van der Waals surface area contributed by atoms with Crippen LogP contribution in [0.2, 0.25) is 0 Å². The molecule has 106 valence electrons. The van der Waals surface area contributed by atoms with Crippen molar-refractivity contribution in [3.63, 3.8) is 0 Å². The Kier molecular flexibility index (Phi) is 3.96. The standard InChI is InChI=1S/C14H17N3O2S/c1-2-10-3-5-11(6-4-10)17-14-8-7-12(9-13(14)15)20(16,18)19/h3-9,17H,2,15H2,1H3,(H2,16,18,19). The molecular formula is C14H17N3O2S. The first-order chi connectivity index (χ1) is 9.40. The monoisotopic (exact) mass is 291 g/mol. The molecule has 0 aliphatic carbocycles. The first kappa shape index (κ1) is 14.4. The van der Waals surface area contributed by atoms with Crippen LogP contribution in [-0.2, 0) is 16.4 Å². The van der Waals surface area contributed by atoms with Gasteiger partial charge in [0, 0.05) is 5.69 Å². The van der Waals surface area contributed by atoms with E-state index in [-0.39, 0.29) is 4.90 Å². The van der Waals surface area contributed by atoms with Crippen molar-refractivity contribution in [2.24, 2.45) is 5.14 Å². The van der Waals surface area contributed by atoms with E-state index in [9.17, 15) is 8.42 Å². The highest BCUT2D eigenvalue weighted by molar-refractivity contribution is 7.89. The Morgan fingerprint density at radius 2 is 1.75 bits per heavy atom. The van der Waals surface area contributed by atoms with E-state index >= 15 is 0 Å². The number of hydrogen-bond acceptors (Lipinski definition) is 4. The van der Waals surface area contributed by atoms with Crippen LogP contribution in [0, 0.1) is 0 Å². The summed E-state index contributed by atoms with van der Waals surface area (Å²) in [6.45, 7) is 2.09. The molecule has 2 rings (SSSR count). The second kappa shape index (κ2) is 5.52. The summed E-state index contributed by atoms with van der Waals surface area (Å²) >= 11 is 0. The number of nitrogens with two attached hydrogens (primary N) is 2. The Hall–Kier alpha value is -2.05. The van der Waals surface area contributed by atoms with Gasteiger partial charge in [0.15, 0.2) is 0 Å². The average Bonchev–Trinajstić information content (AvgIpc) is 2.41. The summed E-state index contributed by atoms with van der Waals surface area (Å²) in [4.78, 5) is 0.00174. The fraction of sp³-hybridized carbons (Fsp3) is 0.143. The van der Waals surface area contributed by atoms with Crippen LogP contribution in [0.25, 0.3) is 0 Å². The zero-order valence-corrected chi connectivity index (χ0v) is 11.9. The van der Waals surface area contributed by atoms with Crippen LogP contribution in [0.15, 0.2) is 47.4 Å². The zero-order valence-electron chi connectivity index (χ0n) is 11.1. The van der Waals surface area contributed by atoms with Gasteiger partial charge < -0.3 is 11.1 Å². The summed E-state index contributed by atoms with van der Waals surface area (Å²) in [5.74, 6) is 0. The summed E-state index contributed by atoms with van der Waals surface area (Å²) in [5.41, 5.74) is 8.94. The molecule has 0 heterocycles. The van der Waals surface area contributed by atoms with Gasteiger partial charge in [-0.2, -0.15) is 0 Å². The molecular weight excluding hydrogens is 274 g/mol. The number of sulfonamides is 1. The fourth-order valence-electron chi connectivity index (χ4n) is 1.81. The SMILES string of the molecule is CCc1ccc(Nc2ccc(S(N)(=O)=O)cc2N)cc1. The first-order valence-electron chi connectivity index (χ1n) is 6.18. The molecule has 0 unspecified atom stereocenters. The molecule has 6 heteroatoms. The number of benzene rings is 2. The lowest BCUT2D eigenvalue weighted by Crippen LogP contribution is -2.12. The van der Waals surface area contributed by atoms with Gasteiger partial charge in [-0.05, 0) is 42.3 Å². The molecule has 0 atom stereocenters. The van der Waals surface area contributed by atoms with E-state index in [0.29, 0.717) is 11.4 Å². The Labute approximate surface area is 118 Å². The summed E-state index contributed by atoms with van der Waals surface area (Å²) < 4.78 is 22.5. The maximum absolute atomic E-state index is 11.2. The van der Waals surface area contributed by atoms with Gasteiger partial charge >= 0.3 is 0 Å². The fourth-order valence-corrected chi connectivity index (χ4v) is 2.36. The average molecular weight is 291 g/mol. The van der Waals surface area contributed by atoms with E-state index in [2.05, 4.69) is 12.2 Å². The topological polar surface area (TPSA) is 98.2 Å². The molecule has 0 fully saturated rings. The largest absolute Gasteiger partial charge is 0.397 e. The maximum Gasteiger partial charge on any atom is 0.238 e. The Balaban J connectivity index is 2.25. The third-order valence-corrected chi connectivity index (χ3v) is 3.90. The van der Waals surface area contributed by atoms with E-state index in [1.807, 2.05) is 24.3 Å². The van der Waals surface area contributed by atoms with Crippen LogP contribution in [0.5, 0.6) is 0 Å². The van der Waals surface area contributed by atoms with Gasteiger partial charge in [0.1, 0.15) is 0 Å². The smallest absolute Gasteiger partial charge is 0.238 e. The third-order valence-electron chi connectivity index (χ3n) is 2.99. The van der Waals surface area contributed by atoms with E-state index in [4.69, 9.17) is 10.9 Å². The van der Waals surface area contributed by atoms with Crippen molar-refractivity contribution in [1.29, 1.82) is 0 Å². The maximum atomic E-state index is 11.2. The lowest BCUT2D eigenvalue weighted by molar-refractivity contribution is 0.598. The molecule has 2 aromatic rings. The molecule has 0 amide bonds. The quantitative estimate of drug-likeness (QED) is 0.752. The molecule has 0 radical (unpaired) electrons. The first-order valence-corrected chi connectivity index (χ1v) is 7.73. The Morgan fingerprint density at radius 3 is 2.25 bits per heavy atom. The molecule has 0 saturated carbocycles. The predicted molar refractivity (Wildman–Crippen MR) is 81.3 cm³/mol. The van der Waals surface area contributed by atoms with Gasteiger partial charge in [0.2, 0.25) is 10.0 Å². The van der Waals surface area contributed by atoms with Crippen molar-refractivity contribution in [1.82, 2.24) is 0 Å². The summed E-state index contributed by atoms with van der Waals surface area (Å²) in [5, 5.41) is 8.20. The minimum atomic E-state index is -3.73. The van der Waals surface area contributed by atoms with E-state index < -0.39 is 10.0 Å². The summed E-state index contributed by atoms with van der Waals surface area (Å²) in [6.07, 6.45) is 0.978. The normalized spacial score (nSPS) is 11.3. The number of hydrogen-bond donors (Lipinski definition) is 3. The van der Waals surface area contributed by atoms with Crippen molar-refractivity contribution in [2.75, 3.05) is 11.1 Å². The van der Waals surface area contributed by atoms with Crippen molar-refractivity contribution in [3.05, 3.63) is 48.0 Å². The van der Waals surface area contributed by atoms with Crippen LogP contribution < -0.4 is 16.2 Å². The number of rotatable bonds is 4. The van der Waals surface area contributed by atoms with Gasteiger partial charge in [-0.25, -0.2) is 13.6 Å². The van der Waals surface area contributed by atoms with Gasteiger partial charge in [-0.1, -0.05) is 19.1 Å². The molecule has 0 aromatic heterocycles. The molecule has 0 saturated heterocycles. The molecule has 5 nitrogen and oxygen atoms in total. The molecule has 0 aliphatic heterocycles. The predicted octanol–water partition coefficient (Wildman–Crippen LogP) is 2.22. The second-order valence-corrected chi connectivity index (χ2v) is 6.03. The van der Waals surface area contributed by atoms with Crippen LogP contribution >= 0.6 is 0 Å². The van der Waals surface area contributed by atoms with Gasteiger partial charge in [0.05, 0.1) is 16.3 Å². The van der Waals surface area contributed by atoms with Crippen molar-refractivity contribution >= 4 is 27.1 Å². The number of nitrogens with one attached hydrogen (secondary N) is 1. The third kappa shape index (κ3) is 3.28. The summed E-state index contributed by atoms with van der Waals surface area (Å²) in [7, 11) is -3.73. The lowest BCUT2D eigenvalue weighted by Gasteiger charge is -2.11. The van der Waals surface area contributed by atoms with E-state index in [1.165, 1.54) is 17.7 Å². The Morgan fingerprint density at radius 1 is 1.10 bits per heavy atom. The van der Waals surface area contributed by atoms with E-state index in [0.717, 1.165) is 12.1 Å². The van der Waals surface area contributed by atoms with Crippen LogP contribution in [0.3, 0.4) is 0 Å². The highest BCUT2D eigenvalue weighted by atomic mass is 32.2.